The van der Waals surface area contributed by atoms with Crippen LogP contribution in [0.4, 0.5) is 0 Å². The van der Waals surface area contributed by atoms with Gasteiger partial charge >= 0.3 is 0 Å². The molecule has 1 saturated carbocycles. The van der Waals surface area contributed by atoms with E-state index in [1.807, 2.05) is 0 Å². The van der Waals surface area contributed by atoms with Gasteiger partial charge in [-0.3, -0.25) is 4.90 Å². The summed E-state index contributed by atoms with van der Waals surface area (Å²) in [6.45, 7) is 9.28. The summed E-state index contributed by atoms with van der Waals surface area (Å²) >= 11 is 0. The van der Waals surface area contributed by atoms with Crippen molar-refractivity contribution in [1.29, 1.82) is 0 Å². The van der Waals surface area contributed by atoms with Crippen molar-refractivity contribution in [3.05, 3.63) is 12.2 Å². The summed E-state index contributed by atoms with van der Waals surface area (Å²) < 4.78 is 0. The summed E-state index contributed by atoms with van der Waals surface area (Å²) in [5, 5.41) is 0. The Labute approximate surface area is 87.2 Å². The maximum atomic E-state index is 4.36. The molecule has 3 rings (SSSR count). The molecule has 2 saturated heterocycles. The number of rotatable bonds is 1. The monoisotopic (exact) mass is 191 g/mol. The zero-order valence-electron chi connectivity index (χ0n) is 9.26. The molecule has 3 aliphatic rings. The maximum Gasteiger partial charge on any atom is 0.0221 e. The van der Waals surface area contributed by atoms with E-state index in [-0.39, 0.29) is 0 Å². The molecule has 0 N–H and O–H groups in total. The quantitative estimate of drug-likeness (QED) is 0.576. The summed E-state index contributed by atoms with van der Waals surface area (Å²) in [4.78, 5) is 2.72. The average Bonchev–Trinajstić information content (AvgIpc) is 2.73. The van der Waals surface area contributed by atoms with Crippen LogP contribution in [-0.4, -0.2) is 24.0 Å². The van der Waals surface area contributed by atoms with Crippen molar-refractivity contribution in [1.82, 2.24) is 4.90 Å². The molecule has 0 bridgehead atoms. The van der Waals surface area contributed by atoms with E-state index in [0.29, 0.717) is 5.41 Å². The highest BCUT2D eigenvalue weighted by molar-refractivity contribution is 5.26. The maximum absolute atomic E-state index is 4.36. The Morgan fingerprint density at radius 2 is 2.36 bits per heavy atom. The second kappa shape index (κ2) is 2.85. The van der Waals surface area contributed by atoms with Gasteiger partial charge in [-0.15, -0.1) is 0 Å². The lowest BCUT2D eigenvalue weighted by Gasteiger charge is -2.42. The van der Waals surface area contributed by atoms with E-state index in [9.17, 15) is 0 Å². The van der Waals surface area contributed by atoms with Crippen LogP contribution in [0.3, 0.4) is 0 Å². The summed E-state index contributed by atoms with van der Waals surface area (Å²) in [5.41, 5.74) is 2.08. The molecule has 1 aliphatic carbocycles. The molecule has 1 heteroatoms. The van der Waals surface area contributed by atoms with Gasteiger partial charge < -0.3 is 0 Å². The van der Waals surface area contributed by atoms with Crippen LogP contribution in [0.2, 0.25) is 0 Å². The minimum absolute atomic E-state index is 0.527. The van der Waals surface area contributed by atoms with Gasteiger partial charge in [0.2, 0.25) is 0 Å². The summed E-state index contributed by atoms with van der Waals surface area (Å²) in [7, 11) is 0. The number of hydrogen-bond acceptors (Lipinski definition) is 1. The van der Waals surface area contributed by atoms with Gasteiger partial charge in [-0.25, -0.2) is 0 Å². The van der Waals surface area contributed by atoms with Crippen LogP contribution in [0.25, 0.3) is 0 Å². The van der Waals surface area contributed by atoms with Crippen molar-refractivity contribution >= 4 is 0 Å². The van der Waals surface area contributed by atoms with E-state index in [1.54, 1.807) is 5.57 Å². The average molecular weight is 191 g/mol. The Hall–Kier alpha value is -0.300. The van der Waals surface area contributed by atoms with Crippen LogP contribution >= 0.6 is 0 Å². The first-order valence-electron chi connectivity index (χ1n) is 6.20. The van der Waals surface area contributed by atoms with Gasteiger partial charge in [-0.1, -0.05) is 25.5 Å². The molecule has 78 valence electrons. The van der Waals surface area contributed by atoms with Crippen LogP contribution in [0.15, 0.2) is 12.2 Å². The third kappa shape index (κ3) is 0.894. The van der Waals surface area contributed by atoms with Gasteiger partial charge in [-0.2, -0.15) is 0 Å². The lowest BCUT2D eigenvalue weighted by molar-refractivity contribution is 0.111. The second-order valence-electron chi connectivity index (χ2n) is 5.47. The Kier molecular flexibility index (Phi) is 1.82. The van der Waals surface area contributed by atoms with Crippen molar-refractivity contribution < 1.29 is 0 Å². The van der Waals surface area contributed by atoms with E-state index < -0.39 is 0 Å². The molecule has 0 amide bonds. The van der Waals surface area contributed by atoms with Crippen molar-refractivity contribution in [3.63, 3.8) is 0 Å². The molecule has 14 heavy (non-hydrogen) atoms. The highest BCUT2D eigenvalue weighted by atomic mass is 15.2. The SMILES string of the molecule is C=C1CN2CC[C@H]3CCC[C@]1(CC)[C@H]32. The van der Waals surface area contributed by atoms with Gasteiger partial charge in [0.25, 0.3) is 0 Å². The second-order valence-corrected chi connectivity index (χ2v) is 5.47. The van der Waals surface area contributed by atoms with Crippen LogP contribution in [0.1, 0.15) is 39.0 Å². The first-order valence-corrected chi connectivity index (χ1v) is 6.20. The topological polar surface area (TPSA) is 3.24 Å². The van der Waals surface area contributed by atoms with E-state index in [2.05, 4.69) is 18.4 Å². The molecular weight excluding hydrogens is 170 g/mol. The van der Waals surface area contributed by atoms with Crippen LogP contribution < -0.4 is 0 Å². The zero-order chi connectivity index (χ0) is 9.76. The Morgan fingerprint density at radius 3 is 3.14 bits per heavy atom. The molecule has 2 heterocycles. The highest BCUT2D eigenvalue weighted by Crippen LogP contribution is 2.56. The zero-order valence-corrected chi connectivity index (χ0v) is 9.26. The highest BCUT2D eigenvalue weighted by Gasteiger charge is 2.55. The van der Waals surface area contributed by atoms with Crippen molar-refractivity contribution in [2.24, 2.45) is 11.3 Å². The minimum Gasteiger partial charge on any atom is -0.295 e. The normalized spacial score (nSPS) is 47.1. The number of nitrogens with zero attached hydrogens (tertiary/aromatic N) is 1. The summed E-state index contributed by atoms with van der Waals surface area (Å²) in [5.74, 6) is 1.00. The Balaban J connectivity index is 2.02. The molecule has 2 aliphatic heterocycles. The summed E-state index contributed by atoms with van der Waals surface area (Å²) in [6.07, 6.45) is 7.13. The standard InChI is InChI=1S/C13H21N/c1-3-13-7-4-5-11-6-8-14(12(11)13)9-10(13)2/h11-12H,2-9H2,1H3/t11-,12+,13+/m1/s1. The molecule has 3 atom stereocenters. The smallest absolute Gasteiger partial charge is 0.0221 e. The van der Waals surface area contributed by atoms with Crippen molar-refractivity contribution in [3.8, 4) is 0 Å². The van der Waals surface area contributed by atoms with Gasteiger partial charge in [0.1, 0.15) is 0 Å². The van der Waals surface area contributed by atoms with Crippen LogP contribution in [0, 0.1) is 11.3 Å². The van der Waals surface area contributed by atoms with Gasteiger partial charge in [0, 0.05) is 18.0 Å². The fourth-order valence-electron chi connectivity index (χ4n) is 4.46. The molecular formula is C13H21N. The molecule has 0 aromatic carbocycles. The lowest BCUT2D eigenvalue weighted by atomic mass is 9.63. The van der Waals surface area contributed by atoms with Crippen LogP contribution in [-0.2, 0) is 0 Å². The Bertz CT molecular complexity index is 268. The first kappa shape index (κ1) is 8.96. The molecule has 3 fully saturated rings. The fraction of sp³-hybridized carbons (Fsp3) is 0.846. The molecule has 0 radical (unpaired) electrons. The molecule has 0 aromatic heterocycles. The molecule has 0 unspecified atom stereocenters. The van der Waals surface area contributed by atoms with E-state index in [0.717, 1.165) is 12.0 Å². The first-order chi connectivity index (χ1) is 6.78. The van der Waals surface area contributed by atoms with Crippen LogP contribution in [0.5, 0.6) is 0 Å². The van der Waals surface area contributed by atoms with E-state index >= 15 is 0 Å². The van der Waals surface area contributed by atoms with E-state index in [1.165, 1.54) is 45.2 Å². The lowest BCUT2D eigenvalue weighted by Crippen LogP contribution is -2.42. The Morgan fingerprint density at radius 1 is 1.50 bits per heavy atom. The van der Waals surface area contributed by atoms with Gasteiger partial charge in [-0.05, 0) is 38.1 Å². The predicted molar refractivity (Wildman–Crippen MR) is 59.2 cm³/mol. The van der Waals surface area contributed by atoms with Gasteiger partial charge in [0.05, 0.1) is 0 Å². The minimum atomic E-state index is 0.527. The van der Waals surface area contributed by atoms with Crippen molar-refractivity contribution in [2.45, 2.75) is 45.1 Å². The predicted octanol–water partition coefficient (Wildman–Crippen LogP) is 2.83. The third-order valence-corrected chi connectivity index (χ3v) is 5.12. The van der Waals surface area contributed by atoms with Crippen molar-refractivity contribution in [2.75, 3.05) is 13.1 Å². The summed E-state index contributed by atoms with van der Waals surface area (Å²) in [6, 6.07) is 0.883. The van der Waals surface area contributed by atoms with E-state index in [4.69, 9.17) is 0 Å². The number of hydrogen-bond donors (Lipinski definition) is 0. The third-order valence-electron chi connectivity index (χ3n) is 5.12. The molecule has 0 aromatic rings. The molecule has 1 nitrogen and oxygen atoms in total. The van der Waals surface area contributed by atoms with Gasteiger partial charge in [0.15, 0.2) is 0 Å². The fourth-order valence-corrected chi connectivity index (χ4v) is 4.46. The largest absolute Gasteiger partial charge is 0.295 e. The molecule has 0 spiro atoms.